The Labute approximate surface area is 219 Å². The molecule has 4 N–H and O–H groups in total. The molecule has 4 saturated carbocycles. The Morgan fingerprint density at radius 2 is 1.75 bits per heavy atom. The van der Waals surface area contributed by atoms with Crippen molar-refractivity contribution in [3.05, 3.63) is 0 Å². The van der Waals surface area contributed by atoms with Crippen LogP contribution in [0.3, 0.4) is 0 Å². The number of hydrogen-bond acceptors (Lipinski definition) is 5. The summed E-state index contributed by atoms with van der Waals surface area (Å²) in [7, 11) is 0. The number of rotatable bonds is 9. The van der Waals surface area contributed by atoms with Crippen LogP contribution in [-0.4, -0.2) is 70.6 Å². The van der Waals surface area contributed by atoms with Crippen LogP contribution in [0.25, 0.3) is 0 Å². The van der Waals surface area contributed by atoms with Gasteiger partial charge in [0.25, 0.3) is 0 Å². The largest absolute Gasteiger partial charge is 0.393 e. The van der Waals surface area contributed by atoms with Crippen LogP contribution in [0.15, 0.2) is 0 Å². The van der Waals surface area contributed by atoms with Crippen molar-refractivity contribution in [2.24, 2.45) is 46.3 Å². The van der Waals surface area contributed by atoms with Gasteiger partial charge >= 0.3 is 0 Å². The standard InChI is InChI=1S/C30H54N2O4/c1-6-32(7-2)15-14-31-27(36)11-8-19(3)22-9-10-23-28-24(18-26(35)30(22,23)5)29(4)13-12-21(33)16-20(29)17-25(28)34/h19-26,28,33-35H,6-18H2,1-5H3,(H,31,36)/t19-,20+,21-,22-,23+,24+,25-,26+,28+,29+,30-/m1/s1. The summed E-state index contributed by atoms with van der Waals surface area (Å²) in [4.78, 5) is 14.9. The van der Waals surface area contributed by atoms with Crippen LogP contribution in [0.2, 0.25) is 0 Å². The summed E-state index contributed by atoms with van der Waals surface area (Å²) in [6.45, 7) is 14.9. The number of aliphatic hydroxyl groups is 3. The fourth-order valence-corrected chi connectivity index (χ4v) is 9.67. The monoisotopic (exact) mass is 506 g/mol. The lowest BCUT2D eigenvalue weighted by Gasteiger charge is -2.63. The van der Waals surface area contributed by atoms with Crippen molar-refractivity contribution in [3.63, 3.8) is 0 Å². The molecule has 0 radical (unpaired) electrons. The highest BCUT2D eigenvalue weighted by Gasteiger charge is 2.65. The molecule has 0 aliphatic heterocycles. The SMILES string of the molecule is CCN(CC)CCNC(=O)CC[C@@H](C)[C@H]1CC[C@H]2[C@@H]3[C@H](O)C[C@@H]4C[C@H](O)CC[C@]4(C)[C@H]3C[C@H](O)[C@]12C. The quantitative estimate of drug-likeness (QED) is 0.382. The number of nitrogens with zero attached hydrogens (tertiary/aromatic N) is 1. The van der Waals surface area contributed by atoms with Crippen molar-refractivity contribution in [3.8, 4) is 0 Å². The lowest BCUT2D eigenvalue weighted by atomic mass is 9.43. The molecule has 0 spiro atoms. The first-order chi connectivity index (χ1) is 17.1. The fourth-order valence-electron chi connectivity index (χ4n) is 9.67. The maximum atomic E-state index is 12.5. The zero-order chi connectivity index (χ0) is 26.3. The third-order valence-electron chi connectivity index (χ3n) is 12.0. The van der Waals surface area contributed by atoms with Crippen LogP contribution in [0.4, 0.5) is 0 Å². The maximum absolute atomic E-state index is 12.5. The maximum Gasteiger partial charge on any atom is 0.220 e. The molecule has 11 atom stereocenters. The van der Waals surface area contributed by atoms with Gasteiger partial charge in [0.2, 0.25) is 5.91 Å². The van der Waals surface area contributed by atoms with Gasteiger partial charge in [-0.25, -0.2) is 0 Å². The van der Waals surface area contributed by atoms with Gasteiger partial charge in [0, 0.05) is 19.5 Å². The molecule has 208 valence electrons. The summed E-state index contributed by atoms with van der Waals surface area (Å²) in [6, 6.07) is 0. The molecule has 0 bridgehead atoms. The Morgan fingerprint density at radius 3 is 2.44 bits per heavy atom. The summed E-state index contributed by atoms with van der Waals surface area (Å²) < 4.78 is 0. The van der Waals surface area contributed by atoms with E-state index >= 15 is 0 Å². The number of nitrogens with one attached hydrogen (secondary N) is 1. The van der Waals surface area contributed by atoms with E-state index in [1.807, 2.05) is 0 Å². The van der Waals surface area contributed by atoms with E-state index in [2.05, 4.69) is 44.8 Å². The number of amides is 1. The summed E-state index contributed by atoms with van der Waals surface area (Å²) in [6.07, 6.45) is 6.83. The number of aliphatic hydroxyl groups excluding tert-OH is 3. The molecule has 0 aromatic heterocycles. The molecular weight excluding hydrogens is 452 g/mol. The zero-order valence-electron chi connectivity index (χ0n) is 23.6. The Kier molecular flexibility index (Phi) is 8.81. The van der Waals surface area contributed by atoms with Crippen molar-refractivity contribution in [2.75, 3.05) is 26.2 Å². The van der Waals surface area contributed by atoms with Gasteiger partial charge in [0.05, 0.1) is 18.3 Å². The minimum Gasteiger partial charge on any atom is -0.393 e. The van der Waals surface area contributed by atoms with Crippen molar-refractivity contribution in [1.29, 1.82) is 0 Å². The summed E-state index contributed by atoms with van der Waals surface area (Å²) in [5, 5.41) is 36.6. The van der Waals surface area contributed by atoms with Gasteiger partial charge in [-0.2, -0.15) is 0 Å². The van der Waals surface area contributed by atoms with E-state index in [0.717, 1.165) is 71.0 Å². The molecule has 6 nitrogen and oxygen atoms in total. The molecule has 36 heavy (non-hydrogen) atoms. The van der Waals surface area contributed by atoms with E-state index in [1.54, 1.807) is 0 Å². The molecule has 1 amide bonds. The lowest BCUT2D eigenvalue weighted by Crippen LogP contribution is -2.62. The van der Waals surface area contributed by atoms with E-state index in [9.17, 15) is 20.1 Å². The molecule has 0 aromatic carbocycles. The molecule has 0 unspecified atom stereocenters. The Bertz CT molecular complexity index is 759. The molecular formula is C30H54N2O4. The second-order valence-corrected chi connectivity index (χ2v) is 13.4. The van der Waals surface area contributed by atoms with Crippen LogP contribution in [0.5, 0.6) is 0 Å². The average Bonchev–Trinajstić information content (AvgIpc) is 3.20. The van der Waals surface area contributed by atoms with Gasteiger partial charge < -0.3 is 25.5 Å². The van der Waals surface area contributed by atoms with Gasteiger partial charge in [0.15, 0.2) is 0 Å². The van der Waals surface area contributed by atoms with E-state index in [0.29, 0.717) is 42.6 Å². The van der Waals surface area contributed by atoms with Crippen molar-refractivity contribution < 1.29 is 20.1 Å². The number of carbonyl (C=O) groups excluding carboxylic acids is 1. The second kappa shape index (κ2) is 11.2. The molecule has 4 aliphatic rings. The summed E-state index contributed by atoms with van der Waals surface area (Å²) in [5.74, 6) is 2.15. The average molecular weight is 507 g/mol. The van der Waals surface area contributed by atoms with Gasteiger partial charge in [0.1, 0.15) is 0 Å². The molecule has 0 aromatic rings. The molecule has 4 aliphatic carbocycles. The van der Waals surface area contributed by atoms with Crippen LogP contribution < -0.4 is 5.32 Å². The van der Waals surface area contributed by atoms with Gasteiger partial charge in [-0.15, -0.1) is 0 Å². The minimum absolute atomic E-state index is 0.109. The first-order valence-electron chi connectivity index (χ1n) is 15.1. The number of carbonyl (C=O) groups is 1. The van der Waals surface area contributed by atoms with E-state index < -0.39 is 0 Å². The Morgan fingerprint density at radius 1 is 1.03 bits per heavy atom. The minimum atomic E-state index is -0.365. The third kappa shape index (κ3) is 5.01. The highest BCUT2D eigenvalue weighted by atomic mass is 16.3. The molecule has 4 fully saturated rings. The number of hydrogen-bond donors (Lipinski definition) is 4. The first-order valence-corrected chi connectivity index (χ1v) is 15.1. The Balaban J connectivity index is 1.39. The third-order valence-corrected chi connectivity index (χ3v) is 12.0. The van der Waals surface area contributed by atoms with Gasteiger partial charge in [-0.1, -0.05) is 34.6 Å². The highest BCUT2D eigenvalue weighted by Crippen LogP contribution is 2.68. The summed E-state index contributed by atoms with van der Waals surface area (Å²) >= 11 is 0. The molecule has 4 rings (SSSR count). The predicted octanol–water partition coefficient (Wildman–Crippen LogP) is 3.82. The van der Waals surface area contributed by atoms with Crippen molar-refractivity contribution in [1.82, 2.24) is 10.2 Å². The van der Waals surface area contributed by atoms with Crippen LogP contribution >= 0.6 is 0 Å². The smallest absolute Gasteiger partial charge is 0.220 e. The normalized spacial score (nSPS) is 45.0. The zero-order valence-corrected chi connectivity index (χ0v) is 23.6. The van der Waals surface area contributed by atoms with Gasteiger partial charge in [-0.3, -0.25) is 4.79 Å². The van der Waals surface area contributed by atoms with Crippen molar-refractivity contribution in [2.45, 2.75) is 111 Å². The van der Waals surface area contributed by atoms with Crippen LogP contribution in [0.1, 0.15) is 92.4 Å². The van der Waals surface area contributed by atoms with Gasteiger partial charge in [-0.05, 0) is 111 Å². The first kappa shape index (κ1) is 28.3. The number of fused-ring (bicyclic) bond motifs is 5. The van der Waals surface area contributed by atoms with E-state index in [4.69, 9.17) is 0 Å². The second-order valence-electron chi connectivity index (χ2n) is 13.4. The molecule has 0 heterocycles. The van der Waals surface area contributed by atoms with Crippen molar-refractivity contribution >= 4 is 5.91 Å². The fraction of sp³-hybridized carbons (Fsp3) is 0.967. The van der Waals surface area contributed by atoms with E-state index in [1.165, 1.54) is 0 Å². The topological polar surface area (TPSA) is 93.0 Å². The van der Waals surface area contributed by atoms with Crippen LogP contribution in [-0.2, 0) is 4.79 Å². The van der Waals surface area contributed by atoms with E-state index in [-0.39, 0.29) is 41.0 Å². The lowest BCUT2D eigenvalue weighted by molar-refractivity contribution is -0.207. The molecule has 6 heteroatoms. The predicted molar refractivity (Wildman–Crippen MR) is 143 cm³/mol. The summed E-state index contributed by atoms with van der Waals surface area (Å²) in [5.41, 5.74) is -0.0868. The molecule has 0 saturated heterocycles. The van der Waals surface area contributed by atoms with Crippen LogP contribution in [0, 0.1) is 46.3 Å². The number of likely N-dealkylation sites (N-methyl/N-ethyl adjacent to an activating group) is 1. The Hall–Kier alpha value is -0.690. The highest BCUT2D eigenvalue weighted by molar-refractivity contribution is 5.75.